The first-order chi connectivity index (χ1) is 11.8. The zero-order valence-electron chi connectivity index (χ0n) is 14.5. The van der Waals surface area contributed by atoms with Crippen molar-refractivity contribution < 1.29 is 0 Å². The maximum absolute atomic E-state index is 4.24. The van der Waals surface area contributed by atoms with Gasteiger partial charge in [0.25, 0.3) is 0 Å². The van der Waals surface area contributed by atoms with Crippen molar-refractivity contribution in [3.05, 3.63) is 24.2 Å². The zero-order chi connectivity index (χ0) is 16.8. The molecular weight excluding hydrogens is 304 g/mol. The number of hydrogen-bond acceptors (Lipinski definition) is 7. The van der Waals surface area contributed by atoms with E-state index in [1.54, 1.807) is 6.20 Å². The average molecular weight is 330 g/mol. The number of nitrogens with zero attached hydrogens (tertiary/aromatic N) is 8. The lowest BCUT2D eigenvalue weighted by Gasteiger charge is -2.37. The van der Waals surface area contributed by atoms with Gasteiger partial charge in [-0.3, -0.25) is 4.90 Å². The number of tetrazole rings is 1. The lowest BCUT2D eigenvalue weighted by atomic mass is 10.0. The molecule has 1 saturated heterocycles. The fourth-order valence-electron chi connectivity index (χ4n) is 3.15. The topological polar surface area (TPSA) is 75.9 Å². The highest BCUT2D eigenvalue weighted by molar-refractivity contribution is 5.37. The third kappa shape index (κ3) is 4.05. The van der Waals surface area contributed by atoms with Gasteiger partial charge in [-0.05, 0) is 48.9 Å². The van der Waals surface area contributed by atoms with Crippen molar-refractivity contribution >= 4 is 5.82 Å². The molecule has 0 aromatic carbocycles. The van der Waals surface area contributed by atoms with Gasteiger partial charge >= 0.3 is 0 Å². The Morgan fingerprint density at radius 2 is 2.25 bits per heavy atom. The SMILES string of the molecule is CCCCn1nnnc1CN(C)C1CCCN(c2cccnn2)C1. The predicted molar refractivity (Wildman–Crippen MR) is 91.5 cm³/mol. The highest BCUT2D eigenvalue weighted by Gasteiger charge is 2.25. The smallest absolute Gasteiger partial charge is 0.165 e. The second kappa shape index (κ2) is 8.14. The van der Waals surface area contributed by atoms with E-state index in [1.165, 1.54) is 6.42 Å². The molecular formula is C16H26N8. The molecule has 0 aliphatic carbocycles. The van der Waals surface area contributed by atoms with E-state index in [4.69, 9.17) is 0 Å². The summed E-state index contributed by atoms with van der Waals surface area (Å²) in [6.45, 7) is 5.85. The normalized spacial score (nSPS) is 18.3. The molecule has 1 unspecified atom stereocenters. The summed E-state index contributed by atoms with van der Waals surface area (Å²) >= 11 is 0. The molecule has 0 bridgehead atoms. The molecule has 3 heterocycles. The molecule has 24 heavy (non-hydrogen) atoms. The Morgan fingerprint density at radius 1 is 1.33 bits per heavy atom. The Morgan fingerprint density at radius 3 is 3.04 bits per heavy atom. The molecule has 0 amide bonds. The molecule has 0 radical (unpaired) electrons. The van der Waals surface area contributed by atoms with Crippen LogP contribution < -0.4 is 4.90 Å². The maximum Gasteiger partial charge on any atom is 0.165 e. The van der Waals surface area contributed by atoms with E-state index >= 15 is 0 Å². The molecule has 1 atom stereocenters. The minimum absolute atomic E-state index is 0.470. The van der Waals surface area contributed by atoms with E-state index in [0.29, 0.717) is 6.04 Å². The van der Waals surface area contributed by atoms with Gasteiger partial charge in [-0.15, -0.1) is 10.2 Å². The number of aryl methyl sites for hydroxylation is 1. The third-order valence-electron chi connectivity index (χ3n) is 4.62. The Bertz CT molecular complexity index is 614. The molecule has 1 aliphatic rings. The van der Waals surface area contributed by atoms with Crippen LogP contribution in [0.3, 0.4) is 0 Å². The molecule has 2 aromatic heterocycles. The highest BCUT2D eigenvalue weighted by Crippen LogP contribution is 2.20. The second-order valence-corrected chi connectivity index (χ2v) is 6.41. The third-order valence-corrected chi connectivity index (χ3v) is 4.62. The molecule has 3 rings (SSSR count). The minimum Gasteiger partial charge on any atom is -0.354 e. The van der Waals surface area contributed by atoms with E-state index < -0.39 is 0 Å². The van der Waals surface area contributed by atoms with Gasteiger partial charge in [0.05, 0.1) is 6.54 Å². The van der Waals surface area contributed by atoms with E-state index in [1.807, 2.05) is 16.8 Å². The van der Waals surface area contributed by atoms with Gasteiger partial charge in [-0.25, -0.2) is 4.68 Å². The van der Waals surface area contributed by atoms with Gasteiger partial charge in [0.1, 0.15) is 0 Å². The van der Waals surface area contributed by atoms with Crippen LogP contribution in [0.2, 0.25) is 0 Å². The summed E-state index contributed by atoms with van der Waals surface area (Å²) in [5.74, 6) is 1.91. The summed E-state index contributed by atoms with van der Waals surface area (Å²) in [4.78, 5) is 4.67. The van der Waals surface area contributed by atoms with Crippen LogP contribution in [0.1, 0.15) is 38.4 Å². The van der Waals surface area contributed by atoms with Gasteiger partial charge in [-0.1, -0.05) is 13.3 Å². The van der Waals surface area contributed by atoms with E-state index in [2.05, 4.69) is 49.5 Å². The monoisotopic (exact) mass is 330 g/mol. The first kappa shape index (κ1) is 16.8. The molecule has 0 saturated carbocycles. The average Bonchev–Trinajstić information content (AvgIpc) is 3.07. The minimum atomic E-state index is 0.470. The number of hydrogen-bond donors (Lipinski definition) is 0. The van der Waals surface area contributed by atoms with Crippen LogP contribution in [0, 0.1) is 0 Å². The van der Waals surface area contributed by atoms with Crippen molar-refractivity contribution in [1.29, 1.82) is 0 Å². The van der Waals surface area contributed by atoms with Gasteiger partial charge < -0.3 is 4.90 Å². The summed E-state index contributed by atoms with van der Waals surface area (Å²) in [6.07, 6.45) is 6.31. The lowest BCUT2D eigenvalue weighted by molar-refractivity contribution is 0.199. The second-order valence-electron chi connectivity index (χ2n) is 6.41. The van der Waals surface area contributed by atoms with Crippen LogP contribution >= 0.6 is 0 Å². The Kier molecular flexibility index (Phi) is 5.68. The molecule has 1 fully saturated rings. The van der Waals surface area contributed by atoms with Gasteiger partial charge in [0.2, 0.25) is 0 Å². The quantitative estimate of drug-likeness (QED) is 0.759. The number of aromatic nitrogens is 6. The van der Waals surface area contributed by atoms with Crippen LogP contribution in [0.15, 0.2) is 18.3 Å². The van der Waals surface area contributed by atoms with Crippen LogP contribution in [-0.2, 0) is 13.1 Å². The van der Waals surface area contributed by atoms with Crippen molar-refractivity contribution in [2.24, 2.45) is 0 Å². The van der Waals surface area contributed by atoms with Crippen LogP contribution in [0.25, 0.3) is 0 Å². The van der Waals surface area contributed by atoms with E-state index in [-0.39, 0.29) is 0 Å². The largest absolute Gasteiger partial charge is 0.354 e. The zero-order valence-corrected chi connectivity index (χ0v) is 14.5. The molecule has 130 valence electrons. The first-order valence-corrected chi connectivity index (χ1v) is 8.76. The Labute approximate surface area is 142 Å². The number of likely N-dealkylation sites (N-methyl/N-ethyl adjacent to an activating group) is 1. The Balaban J connectivity index is 1.60. The van der Waals surface area contributed by atoms with Crippen LogP contribution in [0.5, 0.6) is 0 Å². The Hall–Kier alpha value is -2.09. The number of unbranched alkanes of at least 4 members (excludes halogenated alkanes) is 1. The summed E-state index contributed by atoms with van der Waals surface area (Å²) < 4.78 is 1.93. The van der Waals surface area contributed by atoms with Crippen molar-refractivity contribution in [3.63, 3.8) is 0 Å². The van der Waals surface area contributed by atoms with Crippen LogP contribution in [-0.4, -0.2) is 61.5 Å². The first-order valence-electron chi connectivity index (χ1n) is 8.76. The maximum atomic E-state index is 4.24. The molecule has 8 heteroatoms. The molecule has 1 aliphatic heterocycles. The van der Waals surface area contributed by atoms with Crippen molar-refractivity contribution in [1.82, 2.24) is 35.3 Å². The van der Waals surface area contributed by atoms with Gasteiger partial charge in [-0.2, -0.15) is 5.10 Å². The highest BCUT2D eigenvalue weighted by atomic mass is 15.5. The van der Waals surface area contributed by atoms with E-state index in [9.17, 15) is 0 Å². The predicted octanol–water partition coefficient (Wildman–Crippen LogP) is 1.36. The lowest BCUT2D eigenvalue weighted by Crippen LogP contribution is -2.46. The number of anilines is 1. The van der Waals surface area contributed by atoms with Crippen molar-refractivity contribution in [2.75, 3.05) is 25.0 Å². The van der Waals surface area contributed by atoms with Crippen molar-refractivity contribution in [3.8, 4) is 0 Å². The number of piperidine rings is 1. The summed E-state index contributed by atoms with van der Waals surface area (Å²) in [5.41, 5.74) is 0. The van der Waals surface area contributed by atoms with Crippen LogP contribution in [0.4, 0.5) is 5.82 Å². The van der Waals surface area contributed by atoms with Crippen molar-refractivity contribution in [2.45, 2.75) is 51.7 Å². The number of rotatable bonds is 7. The standard InChI is InChI=1S/C16H26N8/c1-3-4-11-24-16(19-20-21-24)13-22(2)14-7-6-10-23(12-14)15-8-5-9-17-18-15/h5,8-9,14H,3-4,6-7,10-13H2,1-2H3. The fraction of sp³-hybridized carbons (Fsp3) is 0.688. The van der Waals surface area contributed by atoms with E-state index in [0.717, 1.165) is 57.1 Å². The summed E-state index contributed by atoms with van der Waals surface area (Å²) in [7, 11) is 2.16. The molecule has 0 spiro atoms. The molecule has 0 N–H and O–H groups in total. The molecule has 2 aromatic rings. The summed E-state index contributed by atoms with van der Waals surface area (Å²) in [6, 6.07) is 4.44. The van der Waals surface area contributed by atoms with Gasteiger partial charge in [0.15, 0.2) is 11.6 Å². The summed E-state index contributed by atoms with van der Waals surface area (Å²) in [5, 5.41) is 20.4. The van der Waals surface area contributed by atoms with Gasteiger partial charge in [0, 0.05) is 31.9 Å². The molecule has 8 nitrogen and oxygen atoms in total. The fourth-order valence-corrected chi connectivity index (χ4v) is 3.15.